The molecule has 0 saturated heterocycles. The van der Waals surface area contributed by atoms with Crippen LogP contribution in [0.5, 0.6) is 11.5 Å². The van der Waals surface area contributed by atoms with E-state index in [0.29, 0.717) is 11.5 Å². The number of hydrogen-bond acceptors (Lipinski definition) is 2. The topological polar surface area (TPSA) is 40.5 Å². The van der Waals surface area contributed by atoms with E-state index in [1.807, 2.05) is 60.7 Å². The molecule has 0 radical (unpaired) electrons. The molecule has 0 atom stereocenters. The van der Waals surface area contributed by atoms with Crippen LogP contribution in [0.4, 0.5) is 0 Å². The summed E-state index contributed by atoms with van der Waals surface area (Å²) in [6.07, 6.45) is 0. The van der Waals surface area contributed by atoms with Gasteiger partial charge in [0.2, 0.25) is 0 Å². The average molecular weight is 451 g/mol. The minimum Gasteiger partial charge on any atom is -0.507 e. The molecule has 34 heavy (non-hydrogen) atoms. The summed E-state index contributed by atoms with van der Waals surface area (Å²) < 4.78 is 0. The molecule has 0 amide bonds. The lowest BCUT2D eigenvalue weighted by atomic mass is 9.80. The number of rotatable bonds is 3. The summed E-state index contributed by atoms with van der Waals surface area (Å²) in [5.41, 5.74) is 6.94. The van der Waals surface area contributed by atoms with Crippen molar-refractivity contribution in [3.8, 4) is 44.9 Å². The van der Waals surface area contributed by atoms with Crippen molar-refractivity contribution in [2.75, 3.05) is 0 Å². The summed E-state index contributed by atoms with van der Waals surface area (Å²) in [4.78, 5) is 0. The van der Waals surface area contributed by atoms with Gasteiger partial charge < -0.3 is 10.2 Å². The van der Waals surface area contributed by atoms with Crippen LogP contribution in [0.2, 0.25) is 0 Å². The number of benzene rings is 4. The largest absolute Gasteiger partial charge is 0.507 e. The monoisotopic (exact) mass is 450 g/mol. The second-order valence-electron chi connectivity index (χ2n) is 11.1. The van der Waals surface area contributed by atoms with E-state index in [-0.39, 0.29) is 10.8 Å². The molecule has 4 rings (SSSR count). The van der Waals surface area contributed by atoms with Gasteiger partial charge in [-0.1, -0.05) is 102 Å². The first kappa shape index (κ1) is 23.6. The Kier molecular flexibility index (Phi) is 6.03. The van der Waals surface area contributed by atoms with Crippen LogP contribution >= 0.6 is 0 Å². The molecule has 0 fully saturated rings. The van der Waals surface area contributed by atoms with Crippen LogP contribution in [-0.4, -0.2) is 10.2 Å². The van der Waals surface area contributed by atoms with Crippen molar-refractivity contribution in [3.05, 3.63) is 96.1 Å². The molecule has 2 nitrogen and oxygen atoms in total. The first-order valence-corrected chi connectivity index (χ1v) is 11.8. The maximum Gasteiger partial charge on any atom is 0.127 e. The van der Waals surface area contributed by atoms with Crippen molar-refractivity contribution in [2.24, 2.45) is 0 Å². The van der Waals surface area contributed by atoms with Crippen LogP contribution < -0.4 is 0 Å². The predicted octanol–water partition coefficient (Wildman–Crippen LogP) is 8.69. The smallest absolute Gasteiger partial charge is 0.127 e. The highest BCUT2D eigenvalue weighted by Crippen LogP contribution is 2.45. The van der Waals surface area contributed by atoms with Gasteiger partial charge >= 0.3 is 0 Å². The second-order valence-corrected chi connectivity index (χ2v) is 11.1. The highest BCUT2D eigenvalue weighted by molar-refractivity contribution is 5.84. The fourth-order valence-electron chi connectivity index (χ4n) is 4.42. The molecule has 0 bridgehead atoms. The second kappa shape index (κ2) is 8.68. The molecular formula is C32H34O2. The summed E-state index contributed by atoms with van der Waals surface area (Å²) >= 11 is 0. The van der Waals surface area contributed by atoms with Gasteiger partial charge in [-0.25, -0.2) is 0 Å². The lowest BCUT2D eigenvalue weighted by Gasteiger charge is -2.26. The van der Waals surface area contributed by atoms with Gasteiger partial charge in [0, 0.05) is 22.3 Å². The van der Waals surface area contributed by atoms with Crippen LogP contribution in [0.15, 0.2) is 84.9 Å². The number of phenolic OH excluding ortho intramolecular Hbond substituents is 2. The van der Waals surface area contributed by atoms with Crippen molar-refractivity contribution in [3.63, 3.8) is 0 Å². The molecular weight excluding hydrogens is 416 g/mol. The van der Waals surface area contributed by atoms with Gasteiger partial charge in [-0.05, 0) is 57.3 Å². The summed E-state index contributed by atoms with van der Waals surface area (Å²) in [5, 5.41) is 22.5. The van der Waals surface area contributed by atoms with E-state index in [1.165, 1.54) is 0 Å². The Morgan fingerprint density at radius 1 is 0.441 bits per heavy atom. The third-order valence-corrected chi connectivity index (χ3v) is 6.34. The molecule has 0 spiro atoms. The predicted molar refractivity (Wildman–Crippen MR) is 143 cm³/mol. The van der Waals surface area contributed by atoms with E-state index >= 15 is 0 Å². The van der Waals surface area contributed by atoms with E-state index in [0.717, 1.165) is 44.5 Å². The summed E-state index contributed by atoms with van der Waals surface area (Å²) in [7, 11) is 0. The molecule has 0 heterocycles. The van der Waals surface area contributed by atoms with Gasteiger partial charge in [-0.15, -0.1) is 0 Å². The number of hydrogen-bond donors (Lipinski definition) is 2. The minimum absolute atomic E-state index is 0.240. The van der Waals surface area contributed by atoms with Crippen molar-refractivity contribution in [1.82, 2.24) is 0 Å². The third kappa shape index (κ3) is 4.59. The van der Waals surface area contributed by atoms with Crippen LogP contribution in [0.1, 0.15) is 52.7 Å². The molecule has 174 valence electrons. The summed E-state index contributed by atoms with van der Waals surface area (Å²) in [5.74, 6) is 0.640. The zero-order valence-corrected chi connectivity index (χ0v) is 21.0. The molecule has 0 unspecified atom stereocenters. The van der Waals surface area contributed by atoms with Gasteiger partial charge in [-0.3, -0.25) is 0 Å². The lowest BCUT2D eigenvalue weighted by Crippen LogP contribution is -2.13. The van der Waals surface area contributed by atoms with Gasteiger partial charge in [0.1, 0.15) is 11.5 Å². The molecule has 2 heteroatoms. The van der Waals surface area contributed by atoms with E-state index < -0.39 is 0 Å². The van der Waals surface area contributed by atoms with Crippen LogP contribution in [0, 0.1) is 0 Å². The standard InChI is InChI=1S/C32H34O2/c1-31(2,3)27-19-23(17-25(29(27)33)21-13-9-7-10-14-21)24-18-26(22-15-11-8-12-16-22)30(34)28(20-24)32(4,5)6/h7-20,33-34H,1-6H3. The number of aromatic hydroxyl groups is 2. The fraction of sp³-hybridized carbons (Fsp3) is 0.250. The van der Waals surface area contributed by atoms with E-state index in [2.05, 4.69) is 65.8 Å². The SMILES string of the molecule is CC(C)(C)c1cc(-c2cc(-c3ccccc3)c(O)c(C(C)(C)C)c2)cc(-c2ccccc2)c1O. The van der Waals surface area contributed by atoms with E-state index in [4.69, 9.17) is 0 Å². The quantitative estimate of drug-likeness (QED) is 0.328. The zero-order chi connectivity index (χ0) is 24.7. The summed E-state index contributed by atoms with van der Waals surface area (Å²) in [6.45, 7) is 12.7. The molecule has 4 aromatic carbocycles. The Morgan fingerprint density at radius 2 is 0.765 bits per heavy atom. The molecule has 2 N–H and O–H groups in total. The molecule has 0 aliphatic rings. The first-order chi connectivity index (χ1) is 16.0. The van der Waals surface area contributed by atoms with Gasteiger partial charge in [0.15, 0.2) is 0 Å². The van der Waals surface area contributed by atoms with Crippen LogP contribution in [0.25, 0.3) is 33.4 Å². The van der Waals surface area contributed by atoms with Gasteiger partial charge in [0.05, 0.1) is 0 Å². The summed E-state index contributed by atoms with van der Waals surface area (Å²) in [6, 6.07) is 28.3. The third-order valence-electron chi connectivity index (χ3n) is 6.34. The van der Waals surface area contributed by atoms with E-state index in [1.54, 1.807) is 0 Å². The van der Waals surface area contributed by atoms with Crippen molar-refractivity contribution >= 4 is 0 Å². The van der Waals surface area contributed by atoms with Crippen LogP contribution in [0.3, 0.4) is 0 Å². The maximum absolute atomic E-state index is 11.3. The minimum atomic E-state index is -0.240. The highest BCUT2D eigenvalue weighted by Gasteiger charge is 2.25. The zero-order valence-electron chi connectivity index (χ0n) is 21.0. The molecule has 4 aromatic rings. The average Bonchev–Trinajstić information content (AvgIpc) is 2.79. The molecule has 0 saturated carbocycles. The van der Waals surface area contributed by atoms with Crippen LogP contribution in [-0.2, 0) is 10.8 Å². The van der Waals surface area contributed by atoms with Gasteiger partial charge in [0.25, 0.3) is 0 Å². The van der Waals surface area contributed by atoms with E-state index in [9.17, 15) is 10.2 Å². The van der Waals surface area contributed by atoms with Crippen molar-refractivity contribution < 1.29 is 10.2 Å². The Hall–Kier alpha value is -3.52. The molecule has 0 aromatic heterocycles. The Balaban J connectivity index is 2.04. The lowest BCUT2D eigenvalue weighted by molar-refractivity contribution is 0.447. The maximum atomic E-state index is 11.3. The van der Waals surface area contributed by atoms with Crippen molar-refractivity contribution in [1.29, 1.82) is 0 Å². The normalized spacial score (nSPS) is 12.1. The Bertz CT molecular complexity index is 1200. The van der Waals surface area contributed by atoms with Crippen molar-refractivity contribution in [2.45, 2.75) is 52.4 Å². The number of phenols is 2. The molecule has 0 aliphatic carbocycles. The van der Waals surface area contributed by atoms with Gasteiger partial charge in [-0.2, -0.15) is 0 Å². The Labute approximate surface area is 203 Å². The first-order valence-electron chi connectivity index (χ1n) is 11.8. The highest BCUT2D eigenvalue weighted by atomic mass is 16.3. The molecule has 0 aliphatic heterocycles. The fourth-order valence-corrected chi connectivity index (χ4v) is 4.42. The Morgan fingerprint density at radius 3 is 1.06 bits per heavy atom.